The summed E-state index contributed by atoms with van der Waals surface area (Å²) in [6, 6.07) is 6.34. The zero-order valence-corrected chi connectivity index (χ0v) is 10.9. The molecule has 1 aliphatic heterocycles. The van der Waals surface area contributed by atoms with Gasteiger partial charge in [0.1, 0.15) is 18.4 Å². The number of alkyl halides is 2. The second-order valence-electron chi connectivity index (χ2n) is 4.55. The van der Waals surface area contributed by atoms with Gasteiger partial charge in [0.2, 0.25) is 5.91 Å². The molecule has 1 heterocycles. The van der Waals surface area contributed by atoms with E-state index >= 15 is 0 Å². The molecule has 1 amide bonds. The normalized spacial score (nSPS) is 18.6. The fourth-order valence-corrected chi connectivity index (χ4v) is 1.95. The van der Waals surface area contributed by atoms with Gasteiger partial charge in [-0.05, 0) is 6.07 Å². The maximum atomic E-state index is 13.1. The summed E-state index contributed by atoms with van der Waals surface area (Å²) in [5.41, 5.74) is 5.57. The summed E-state index contributed by atoms with van der Waals surface area (Å²) < 4.78 is 31.6. The molecule has 1 unspecified atom stereocenters. The number of rotatable bonds is 4. The van der Waals surface area contributed by atoms with Crippen molar-refractivity contribution in [2.75, 3.05) is 26.2 Å². The molecule has 7 heteroatoms. The molecule has 0 spiro atoms. The topological polar surface area (TPSA) is 76.4 Å². The number of amides is 1. The molecule has 0 radical (unpaired) electrons. The van der Waals surface area contributed by atoms with Crippen LogP contribution >= 0.6 is 0 Å². The van der Waals surface area contributed by atoms with Crippen LogP contribution in [-0.2, 0) is 4.79 Å². The van der Waals surface area contributed by atoms with Gasteiger partial charge in [0.05, 0.1) is 13.1 Å². The van der Waals surface area contributed by atoms with Crippen LogP contribution in [0, 0.1) is 0 Å². The molecule has 1 aromatic rings. The van der Waals surface area contributed by atoms with E-state index in [1.54, 1.807) is 24.3 Å². The molecule has 1 aliphatic rings. The number of para-hydroxylation sites is 1. The third-order valence-corrected chi connectivity index (χ3v) is 3.02. The second kappa shape index (κ2) is 6.15. The summed E-state index contributed by atoms with van der Waals surface area (Å²) in [5.74, 6) is -3.03. The molecular weight excluding hydrogens is 268 g/mol. The van der Waals surface area contributed by atoms with E-state index in [-0.39, 0.29) is 0 Å². The molecule has 0 aromatic heterocycles. The van der Waals surface area contributed by atoms with Crippen molar-refractivity contribution in [2.24, 2.45) is 5.73 Å². The predicted molar refractivity (Wildman–Crippen MR) is 69.7 cm³/mol. The van der Waals surface area contributed by atoms with Crippen molar-refractivity contribution in [3.05, 3.63) is 29.8 Å². The molecule has 1 aromatic carbocycles. The number of carbonyl (C=O) groups is 1. The van der Waals surface area contributed by atoms with E-state index in [1.165, 1.54) is 0 Å². The third kappa shape index (κ3) is 3.43. The van der Waals surface area contributed by atoms with Gasteiger partial charge in [-0.2, -0.15) is 0 Å². The minimum absolute atomic E-state index is 0.416. The highest BCUT2D eigenvalue weighted by Crippen LogP contribution is 2.27. The highest BCUT2D eigenvalue weighted by molar-refractivity contribution is 5.84. The number of hydrogen-bond donors (Lipinski definition) is 3. The van der Waals surface area contributed by atoms with Crippen LogP contribution in [0.25, 0.3) is 0 Å². The average molecular weight is 285 g/mol. The third-order valence-electron chi connectivity index (χ3n) is 3.02. The van der Waals surface area contributed by atoms with Crippen LogP contribution in [0.1, 0.15) is 11.6 Å². The van der Waals surface area contributed by atoms with E-state index in [4.69, 9.17) is 10.5 Å². The van der Waals surface area contributed by atoms with Gasteiger partial charge in [0.15, 0.2) is 0 Å². The standard InChI is InChI=1S/C13H17F2N3O2/c14-13(15,7-16)8-18-12(19)11-9-3-1-2-4-10(9)20-6-5-17-11/h1-4,11,17H,5-8,16H2,(H,18,19). The van der Waals surface area contributed by atoms with Crippen LogP contribution in [0.15, 0.2) is 24.3 Å². The molecule has 5 nitrogen and oxygen atoms in total. The Labute approximate surface area is 115 Å². The summed E-state index contributed by atoms with van der Waals surface area (Å²) in [4.78, 5) is 12.1. The number of ether oxygens (including phenoxy) is 1. The summed E-state index contributed by atoms with van der Waals surface area (Å²) in [5, 5.41) is 5.20. The van der Waals surface area contributed by atoms with Crippen molar-refractivity contribution in [3.8, 4) is 5.75 Å². The molecule has 0 bridgehead atoms. The Kier molecular flexibility index (Phi) is 4.51. The van der Waals surface area contributed by atoms with Gasteiger partial charge < -0.3 is 15.8 Å². The Bertz CT molecular complexity index is 482. The summed E-state index contributed by atoms with van der Waals surface area (Å²) >= 11 is 0. The fraction of sp³-hybridized carbons (Fsp3) is 0.462. The monoisotopic (exact) mass is 285 g/mol. The minimum atomic E-state index is -3.10. The molecule has 0 saturated heterocycles. The molecule has 110 valence electrons. The maximum Gasteiger partial charge on any atom is 0.277 e. The molecule has 0 fully saturated rings. The van der Waals surface area contributed by atoms with Crippen molar-refractivity contribution in [3.63, 3.8) is 0 Å². The smallest absolute Gasteiger partial charge is 0.277 e. The van der Waals surface area contributed by atoms with Crippen LogP contribution in [0.5, 0.6) is 5.75 Å². The number of nitrogens with two attached hydrogens (primary N) is 1. The highest BCUT2D eigenvalue weighted by atomic mass is 19.3. The lowest BCUT2D eigenvalue weighted by Gasteiger charge is -2.20. The Hall–Kier alpha value is -1.73. The first kappa shape index (κ1) is 14.7. The Balaban J connectivity index is 2.10. The Morgan fingerprint density at radius 1 is 1.50 bits per heavy atom. The van der Waals surface area contributed by atoms with Crippen LogP contribution in [0.2, 0.25) is 0 Å². The average Bonchev–Trinajstić information content (AvgIpc) is 2.67. The van der Waals surface area contributed by atoms with E-state index in [0.29, 0.717) is 24.5 Å². The Morgan fingerprint density at radius 2 is 2.25 bits per heavy atom. The van der Waals surface area contributed by atoms with Gasteiger partial charge in [-0.15, -0.1) is 0 Å². The van der Waals surface area contributed by atoms with Gasteiger partial charge in [0.25, 0.3) is 5.92 Å². The van der Waals surface area contributed by atoms with E-state index < -0.39 is 31.0 Å². The first-order valence-corrected chi connectivity index (χ1v) is 6.34. The molecular formula is C13H17F2N3O2. The quantitative estimate of drug-likeness (QED) is 0.749. The Morgan fingerprint density at radius 3 is 3.00 bits per heavy atom. The zero-order valence-electron chi connectivity index (χ0n) is 10.9. The van der Waals surface area contributed by atoms with Crippen molar-refractivity contribution >= 4 is 5.91 Å². The lowest BCUT2D eigenvalue weighted by atomic mass is 10.1. The van der Waals surface area contributed by atoms with E-state index in [9.17, 15) is 13.6 Å². The number of benzene rings is 1. The number of hydrogen-bond acceptors (Lipinski definition) is 4. The van der Waals surface area contributed by atoms with Gasteiger partial charge in [0, 0.05) is 12.1 Å². The fourth-order valence-electron chi connectivity index (χ4n) is 1.95. The largest absolute Gasteiger partial charge is 0.492 e. The van der Waals surface area contributed by atoms with Crippen molar-refractivity contribution in [1.29, 1.82) is 0 Å². The van der Waals surface area contributed by atoms with Crippen LogP contribution < -0.4 is 21.1 Å². The maximum absolute atomic E-state index is 13.1. The lowest BCUT2D eigenvalue weighted by Crippen LogP contribution is -2.45. The molecule has 20 heavy (non-hydrogen) atoms. The van der Waals surface area contributed by atoms with Gasteiger partial charge >= 0.3 is 0 Å². The van der Waals surface area contributed by atoms with Crippen molar-refractivity contribution < 1.29 is 18.3 Å². The van der Waals surface area contributed by atoms with Crippen molar-refractivity contribution in [2.45, 2.75) is 12.0 Å². The molecule has 4 N–H and O–H groups in total. The van der Waals surface area contributed by atoms with E-state index in [1.807, 2.05) is 0 Å². The predicted octanol–water partition coefficient (Wildman–Crippen LogP) is 0.420. The highest BCUT2D eigenvalue weighted by Gasteiger charge is 2.30. The van der Waals surface area contributed by atoms with Crippen LogP contribution in [0.3, 0.4) is 0 Å². The number of halogens is 2. The van der Waals surface area contributed by atoms with Crippen LogP contribution in [0.4, 0.5) is 8.78 Å². The molecule has 1 atom stereocenters. The molecule has 2 rings (SSSR count). The van der Waals surface area contributed by atoms with Crippen LogP contribution in [-0.4, -0.2) is 38.1 Å². The summed E-state index contributed by atoms with van der Waals surface area (Å²) in [7, 11) is 0. The van der Waals surface area contributed by atoms with Gasteiger partial charge in [-0.3, -0.25) is 10.1 Å². The first-order valence-electron chi connectivity index (χ1n) is 6.34. The number of carbonyl (C=O) groups excluding carboxylic acids is 1. The first-order chi connectivity index (χ1) is 9.53. The van der Waals surface area contributed by atoms with Crippen molar-refractivity contribution in [1.82, 2.24) is 10.6 Å². The van der Waals surface area contributed by atoms with Gasteiger partial charge in [-0.25, -0.2) is 8.78 Å². The van der Waals surface area contributed by atoms with E-state index in [2.05, 4.69) is 10.6 Å². The van der Waals surface area contributed by atoms with Gasteiger partial charge in [-0.1, -0.05) is 18.2 Å². The summed E-state index contributed by atoms with van der Waals surface area (Å²) in [6.07, 6.45) is 0. The zero-order chi connectivity index (χ0) is 14.6. The number of fused-ring (bicyclic) bond motifs is 1. The minimum Gasteiger partial charge on any atom is -0.492 e. The summed E-state index contributed by atoms with van der Waals surface area (Å²) in [6.45, 7) is -0.700. The lowest BCUT2D eigenvalue weighted by molar-refractivity contribution is -0.125. The number of nitrogens with one attached hydrogen (secondary N) is 2. The molecule has 0 aliphatic carbocycles. The SMILES string of the molecule is NCC(F)(F)CNC(=O)C1NCCOc2ccccc21. The molecule has 0 saturated carbocycles. The van der Waals surface area contributed by atoms with E-state index in [0.717, 1.165) is 0 Å². The second-order valence-corrected chi connectivity index (χ2v) is 4.55.